The molecule has 0 saturated heterocycles. The first-order valence-corrected chi connectivity index (χ1v) is 8.74. The first-order chi connectivity index (χ1) is 12.1. The van der Waals surface area contributed by atoms with Crippen LogP contribution in [-0.2, 0) is 7.05 Å². The molecule has 0 saturated carbocycles. The van der Waals surface area contributed by atoms with E-state index in [9.17, 15) is 0 Å². The van der Waals surface area contributed by atoms with Crippen LogP contribution < -0.4 is 9.47 Å². The molecule has 25 heavy (non-hydrogen) atoms. The fraction of sp³-hybridized carbons (Fsp3) is 0.227. The molecule has 4 rings (SSSR count). The predicted molar refractivity (Wildman–Crippen MR) is 104 cm³/mol. The van der Waals surface area contributed by atoms with E-state index in [4.69, 9.17) is 0 Å². The molecule has 0 spiro atoms. The molecule has 2 heterocycles. The van der Waals surface area contributed by atoms with Crippen LogP contribution in [-0.4, -0.2) is 18.1 Å². The molecular formula is C22H24N3+. The molecule has 0 unspecified atom stereocenters. The summed E-state index contributed by atoms with van der Waals surface area (Å²) in [6.45, 7) is 4.41. The first kappa shape index (κ1) is 15.7. The number of anilines is 1. The zero-order chi connectivity index (χ0) is 17.6. The highest BCUT2D eigenvalue weighted by Gasteiger charge is 2.30. The summed E-state index contributed by atoms with van der Waals surface area (Å²) < 4.78 is 2.30. The number of aryl methyl sites for hydroxylation is 1. The Kier molecular flexibility index (Phi) is 3.72. The van der Waals surface area contributed by atoms with Gasteiger partial charge in [-0.1, -0.05) is 36.4 Å². The van der Waals surface area contributed by atoms with Crippen molar-refractivity contribution in [3.8, 4) is 11.3 Å². The molecule has 3 aromatic rings. The number of fused-ring (bicyclic) bond motifs is 1. The van der Waals surface area contributed by atoms with Crippen molar-refractivity contribution >= 4 is 16.6 Å². The first-order valence-electron chi connectivity index (χ1n) is 8.74. The van der Waals surface area contributed by atoms with Gasteiger partial charge in [0.25, 0.3) is 5.82 Å². The van der Waals surface area contributed by atoms with Crippen LogP contribution in [0.5, 0.6) is 0 Å². The maximum Gasteiger partial charge on any atom is 0.283 e. The molecule has 1 aliphatic rings. The van der Waals surface area contributed by atoms with Crippen molar-refractivity contribution in [2.24, 2.45) is 7.05 Å². The monoisotopic (exact) mass is 330 g/mol. The second-order valence-electron chi connectivity index (χ2n) is 6.81. The summed E-state index contributed by atoms with van der Waals surface area (Å²) in [5.41, 5.74) is 3.85. The zero-order valence-electron chi connectivity index (χ0n) is 15.3. The summed E-state index contributed by atoms with van der Waals surface area (Å²) in [6, 6.07) is 19.6. The second-order valence-corrected chi connectivity index (χ2v) is 6.81. The lowest BCUT2D eigenvalue weighted by Gasteiger charge is -2.22. The number of nitrogens with zero attached hydrogens (tertiary/aromatic N) is 3. The lowest BCUT2D eigenvalue weighted by atomic mass is 9.96. The maximum absolute atomic E-state index is 2.31. The number of pyridine rings is 1. The lowest BCUT2D eigenvalue weighted by Crippen LogP contribution is -2.43. The Hall–Kier alpha value is -2.81. The van der Waals surface area contributed by atoms with Gasteiger partial charge in [0.1, 0.15) is 11.9 Å². The Morgan fingerprint density at radius 2 is 1.72 bits per heavy atom. The highest BCUT2D eigenvalue weighted by atomic mass is 15.4. The van der Waals surface area contributed by atoms with E-state index in [1.807, 2.05) is 0 Å². The Labute approximate surface area is 149 Å². The smallest absolute Gasteiger partial charge is 0.283 e. The third-order valence-corrected chi connectivity index (χ3v) is 5.32. The van der Waals surface area contributed by atoms with Crippen LogP contribution >= 0.6 is 0 Å². The number of benzene rings is 2. The quantitative estimate of drug-likeness (QED) is 0.652. The van der Waals surface area contributed by atoms with E-state index in [0.29, 0.717) is 6.17 Å². The molecule has 3 heteroatoms. The van der Waals surface area contributed by atoms with Gasteiger partial charge in [0.15, 0.2) is 6.17 Å². The Balaban J connectivity index is 1.93. The van der Waals surface area contributed by atoms with Crippen LogP contribution in [0.15, 0.2) is 67.0 Å². The molecule has 0 amide bonds. The molecule has 0 bridgehead atoms. The van der Waals surface area contributed by atoms with Crippen LogP contribution in [0, 0.1) is 6.92 Å². The summed E-state index contributed by atoms with van der Waals surface area (Å²) >= 11 is 0. The van der Waals surface area contributed by atoms with Gasteiger partial charge in [0.2, 0.25) is 0 Å². The molecule has 0 aliphatic carbocycles. The minimum atomic E-state index is 0.315. The van der Waals surface area contributed by atoms with Crippen LogP contribution in [0.25, 0.3) is 22.0 Å². The number of hydrogen-bond donors (Lipinski definition) is 0. The summed E-state index contributed by atoms with van der Waals surface area (Å²) in [7, 11) is 4.27. The highest BCUT2D eigenvalue weighted by Crippen LogP contribution is 2.31. The normalized spacial score (nSPS) is 16.9. The molecule has 2 aromatic carbocycles. The van der Waals surface area contributed by atoms with Gasteiger partial charge < -0.3 is 4.90 Å². The third kappa shape index (κ3) is 2.47. The van der Waals surface area contributed by atoms with E-state index in [0.717, 1.165) is 0 Å². The fourth-order valence-electron chi connectivity index (χ4n) is 3.69. The van der Waals surface area contributed by atoms with Crippen LogP contribution in [0.1, 0.15) is 12.5 Å². The van der Waals surface area contributed by atoms with E-state index < -0.39 is 0 Å². The van der Waals surface area contributed by atoms with Crippen molar-refractivity contribution < 1.29 is 4.57 Å². The Morgan fingerprint density at radius 3 is 2.48 bits per heavy atom. The van der Waals surface area contributed by atoms with Gasteiger partial charge in [-0.25, -0.2) is 9.47 Å². The topological polar surface area (TPSA) is 10.4 Å². The minimum absolute atomic E-state index is 0.315. The molecule has 3 nitrogen and oxygen atoms in total. The van der Waals surface area contributed by atoms with E-state index in [2.05, 4.69) is 109 Å². The second kappa shape index (κ2) is 5.92. The minimum Gasteiger partial charge on any atom is -0.339 e. The van der Waals surface area contributed by atoms with E-state index in [1.165, 1.54) is 33.4 Å². The van der Waals surface area contributed by atoms with Crippen molar-refractivity contribution in [2.45, 2.75) is 20.0 Å². The van der Waals surface area contributed by atoms with Crippen molar-refractivity contribution in [1.29, 1.82) is 0 Å². The molecule has 126 valence electrons. The van der Waals surface area contributed by atoms with E-state index in [1.54, 1.807) is 0 Å². The summed E-state index contributed by atoms with van der Waals surface area (Å²) in [6.07, 6.45) is 4.59. The SMILES string of the molecule is Cc1ccc2ccccc2c1-c1cccc(N2C=CN(C)[C@@H]2C)[n+]1C. The van der Waals surface area contributed by atoms with Gasteiger partial charge in [0.05, 0.1) is 7.05 Å². The highest BCUT2D eigenvalue weighted by molar-refractivity contribution is 5.96. The van der Waals surface area contributed by atoms with Gasteiger partial charge in [0, 0.05) is 24.9 Å². The molecule has 1 atom stereocenters. The number of rotatable bonds is 2. The van der Waals surface area contributed by atoms with E-state index in [-0.39, 0.29) is 0 Å². The molecule has 0 N–H and O–H groups in total. The van der Waals surface area contributed by atoms with Gasteiger partial charge in [-0.15, -0.1) is 0 Å². The van der Waals surface area contributed by atoms with Gasteiger partial charge in [-0.2, -0.15) is 0 Å². The largest absolute Gasteiger partial charge is 0.339 e. The van der Waals surface area contributed by atoms with E-state index >= 15 is 0 Å². The number of hydrogen-bond acceptors (Lipinski definition) is 2. The molecular weight excluding hydrogens is 306 g/mol. The average molecular weight is 330 g/mol. The van der Waals surface area contributed by atoms with Crippen LogP contribution in [0.2, 0.25) is 0 Å². The predicted octanol–water partition coefficient (Wildman–Crippen LogP) is 4.21. The van der Waals surface area contributed by atoms with Gasteiger partial charge in [-0.3, -0.25) is 0 Å². The van der Waals surface area contributed by atoms with Crippen molar-refractivity contribution in [1.82, 2.24) is 4.90 Å². The summed E-state index contributed by atoms with van der Waals surface area (Å²) in [5, 5.41) is 2.58. The molecule has 1 aromatic heterocycles. The Morgan fingerprint density at radius 1 is 0.920 bits per heavy atom. The average Bonchev–Trinajstić information content (AvgIpc) is 2.95. The lowest BCUT2D eigenvalue weighted by molar-refractivity contribution is -0.647. The zero-order valence-corrected chi connectivity index (χ0v) is 15.3. The third-order valence-electron chi connectivity index (χ3n) is 5.32. The summed E-state index contributed by atoms with van der Waals surface area (Å²) in [4.78, 5) is 4.53. The maximum atomic E-state index is 2.31. The molecule has 0 fully saturated rings. The molecule has 0 radical (unpaired) electrons. The van der Waals surface area contributed by atoms with Crippen molar-refractivity contribution in [3.63, 3.8) is 0 Å². The molecule has 1 aliphatic heterocycles. The van der Waals surface area contributed by atoms with Gasteiger partial charge >= 0.3 is 0 Å². The number of aromatic nitrogens is 1. The fourth-order valence-corrected chi connectivity index (χ4v) is 3.69. The summed E-state index contributed by atoms with van der Waals surface area (Å²) in [5.74, 6) is 1.19. The standard InChI is InChI=1S/C22H24N3/c1-16-12-13-18-8-5-6-9-19(18)22(16)20-10-7-11-21(24(20)4)25-15-14-23(3)17(25)2/h5-15,17H,1-4H3/q+1/t17-/m0/s1. The van der Waals surface area contributed by atoms with Crippen LogP contribution in [0.3, 0.4) is 0 Å². The van der Waals surface area contributed by atoms with Gasteiger partial charge in [-0.05, 0) is 42.3 Å². The Bertz CT molecular complexity index is 974. The van der Waals surface area contributed by atoms with Crippen LogP contribution in [0.4, 0.5) is 5.82 Å². The van der Waals surface area contributed by atoms with Crippen molar-refractivity contribution in [3.05, 3.63) is 72.6 Å². The van der Waals surface area contributed by atoms with Crippen molar-refractivity contribution in [2.75, 3.05) is 11.9 Å².